The summed E-state index contributed by atoms with van der Waals surface area (Å²) in [6.45, 7) is 11.3. The maximum Gasteiger partial charge on any atom is 0.120 e. The molecule has 3 heteroatoms. The summed E-state index contributed by atoms with van der Waals surface area (Å²) in [5, 5.41) is 13.5. The molecule has 2 N–H and O–H groups in total. The van der Waals surface area contributed by atoms with Crippen LogP contribution >= 0.6 is 0 Å². The van der Waals surface area contributed by atoms with Crippen molar-refractivity contribution in [3.05, 3.63) is 29.8 Å². The van der Waals surface area contributed by atoms with E-state index >= 15 is 0 Å². The van der Waals surface area contributed by atoms with Crippen molar-refractivity contribution in [3.8, 4) is 5.75 Å². The number of nitrogens with one attached hydrogen (secondary N) is 1. The van der Waals surface area contributed by atoms with Crippen LogP contribution in [0.25, 0.3) is 0 Å². The zero-order valence-corrected chi connectivity index (χ0v) is 12.7. The van der Waals surface area contributed by atoms with Crippen LogP contribution in [0, 0.1) is 5.92 Å². The molecule has 0 aliphatic carbocycles. The van der Waals surface area contributed by atoms with Crippen LogP contribution in [-0.4, -0.2) is 23.4 Å². The summed E-state index contributed by atoms with van der Waals surface area (Å²) in [5.41, 5.74) is 0.490. The molecular formula is C16H27NO2. The SMILES string of the molecule is CC(C)Oc1cccc(CNCC(C)(O)C(C)C)c1. The molecule has 1 unspecified atom stereocenters. The smallest absolute Gasteiger partial charge is 0.120 e. The van der Waals surface area contributed by atoms with Gasteiger partial charge in [0.1, 0.15) is 5.75 Å². The van der Waals surface area contributed by atoms with Gasteiger partial charge in [0.05, 0.1) is 11.7 Å². The van der Waals surface area contributed by atoms with E-state index < -0.39 is 5.60 Å². The standard InChI is InChI=1S/C16H27NO2/c1-12(2)16(5,18)11-17-10-14-7-6-8-15(9-14)19-13(3)4/h6-9,12-13,17-18H,10-11H2,1-5H3. The molecule has 0 aromatic heterocycles. The molecule has 0 fully saturated rings. The summed E-state index contributed by atoms with van der Waals surface area (Å²) in [5.74, 6) is 1.13. The van der Waals surface area contributed by atoms with Crippen molar-refractivity contribution in [1.29, 1.82) is 0 Å². The quantitative estimate of drug-likeness (QED) is 0.796. The molecule has 0 radical (unpaired) electrons. The van der Waals surface area contributed by atoms with E-state index in [4.69, 9.17) is 4.74 Å². The lowest BCUT2D eigenvalue weighted by molar-refractivity contribution is 0.0140. The highest BCUT2D eigenvalue weighted by Gasteiger charge is 2.23. The van der Waals surface area contributed by atoms with Crippen molar-refractivity contribution in [2.45, 2.75) is 52.9 Å². The van der Waals surface area contributed by atoms with Gasteiger partial charge < -0.3 is 15.2 Å². The first-order valence-corrected chi connectivity index (χ1v) is 7.00. The molecule has 0 aliphatic heterocycles. The Balaban J connectivity index is 2.50. The molecule has 0 saturated heterocycles. The Morgan fingerprint density at radius 2 is 1.95 bits per heavy atom. The van der Waals surface area contributed by atoms with Gasteiger partial charge in [-0.3, -0.25) is 0 Å². The average molecular weight is 265 g/mol. The second kappa shape index (κ2) is 6.92. The molecule has 1 rings (SSSR count). The number of aliphatic hydroxyl groups is 1. The highest BCUT2D eigenvalue weighted by molar-refractivity contribution is 5.28. The van der Waals surface area contributed by atoms with Crippen LogP contribution in [0.3, 0.4) is 0 Å². The number of rotatable bonds is 7. The van der Waals surface area contributed by atoms with E-state index in [2.05, 4.69) is 11.4 Å². The third kappa shape index (κ3) is 5.62. The van der Waals surface area contributed by atoms with Crippen LogP contribution in [0.4, 0.5) is 0 Å². The summed E-state index contributed by atoms with van der Waals surface area (Å²) in [4.78, 5) is 0. The van der Waals surface area contributed by atoms with Crippen LogP contribution in [0.15, 0.2) is 24.3 Å². The van der Waals surface area contributed by atoms with Crippen molar-refractivity contribution >= 4 is 0 Å². The van der Waals surface area contributed by atoms with Gasteiger partial charge >= 0.3 is 0 Å². The largest absolute Gasteiger partial charge is 0.491 e. The fourth-order valence-corrected chi connectivity index (χ4v) is 1.66. The van der Waals surface area contributed by atoms with Crippen molar-refractivity contribution in [1.82, 2.24) is 5.32 Å². The van der Waals surface area contributed by atoms with E-state index in [1.54, 1.807) is 0 Å². The first-order valence-electron chi connectivity index (χ1n) is 7.00. The van der Waals surface area contributed by atoms with Gasteiger partial charge in [0.15, 0.2) is 0 Å². The molecule has 0 aliphatic rings. The van der Waals surface area contributed by atoms with E-state index in [1.165, 1.54) is 0 Å². The summed E-state index contributed by atoms with van der Waals surface area (Å²) < 4.78 is 5.66. The Kier molecular flexibility index (Phi) is 5.83. The Hall–Kier alpha value is -1.06. The highest BCUT2D eigenvalue weighted by atomic mass is 16.5. The molecule has 0 saturated carbocycles. The number of benzene rings is 1. The van der Waals surface area contributed by atoms with Gasteiger partial charge in [-0.15, -0.1) is 0 Å². The van der Waals surface area contributed by atoms with E-state index in [0.717, 1.165) is 17.9 Å². The summed E-state index contributed by atoms with van der Waals surface area (Å²) in [6.07, 6.45) is 0.185. The first-order chi connectivity index (χ1) is 8.81. The molecule has 1 aromatic carbocycles. The zero-order chi connectivity index (χ0) is 14.5. The lowest BCUT2D eigenvalue weighted by Gasteiger charge is -2.28. The number of hydrogen-bond acceptors (Lipinski definition) is 3. The fraction of sp³-hybridized carbons (Fsp3) is 0.625. The van der Waals surface area contributed by atoms with Gasteiger partial charge in [-0.1, -0.05) is 26.0 Å². The lowest BCUT2D eigenvalue weighted by atomic mass is 9.92. The normalized spacial score (nSPS) is 14.7. The fourth-order valence-electron chi connectivity index (χ4n) is 1.66. The molecule has 0 bridgehead atoms. The van der Waals surface area contributed by atoms with Gasteiger partial charge in [0.2, 0.25) is 0 Å². The molecule has 1 atom stereocenters. The Bertz CT molecular complexity index is 386. The summed E-state index contributed by atoms with van der Waals surface area (Å²) >= 11 is 0. The van der Waals surface area contributed by atoms with Crippen molar-refractivity contribution < 1.29 is 9.84 Å². The molecule has 1 aromatic rings. The van der Waals surface area contributed by atoms with E-state index in [-0.39, 0.29) is 12.0 Å². The van der Waals surface area contributed by atoms with Crippen LogP contribution < -0.4 is 10.1 Å². The minimum atomic E-state index is -0.675. The predicted octanol–water partition coefficient (Wildman–Crippen LogP) is 2.97. The van der Waals surface area contributed by atoms with Crippen molar-refractivity contribution in [2.24, 2.45) is 5.92 Å². The van der Waals surface area contributed by atoms with Gasteiger partial charge in [-0.05, 0) is 44.4 Å². The Morgan fingerprint density at radius 3 is 2.53 bits per heavy atom. The van der Waals surface area contributed by atoms with Gasteiger partial charge in [0, 0.05) is 13.1 Å². The summed E-state index contributed by atoms with van der Waals surface area (Å²) in [7, 11) is 0. The van der Waals surface area contributed by atoms with Crippen LogP contribution in [0.5, 0.6) is 5.75 Å². The Labute approximate surface area is 117 Å². The molecule has 0 spiro atoms. The minimum absolute atomic E-state index is 0.185. The molecule has 0 amide bonds. The highest BCUT2D eigenvalue weighted by Crippen LogP contribution is 2.16. The molecule has 19 heavy (non-hydrogen) atoms. The summed E-state index contributed by atoms with van der Waals surface area (Å²) in [6, 6.07) is 8.06. The molecule has 108 valence electrons. The molecular weight excluding hydrogens is 238 g/mol. The number of ether oxygens (including phenoxy) is 1. The number of hydrogen-bond donors (Lipinski definition) is 2. The van der Waals surface area contributed by atoms with Gasteiger partial charge in [0.25, 0.3) is 0 Å². The van der Waals surface area contributed by atoms with E-state index in [1.807, 2.05) is 52.8 Å². The predicted molar refractivity (Wildman–Crippen MR) is 79.4 cm³/mol. The van der Waals surface area contributed by atoms with Crippen molar-refractivity contribution in [3.63, 3.8) is 0 Å². The third-order valence-electron chi connectivity index (χ3n) is 3.33. The van der Waals surface area contributed by atoms with Crippen LogP contribution in [0.2, 0.25) is 0 Å². The second-order valence-corrected chi connectivity index (χ2v) is 5.93. The zero-order valence-electron chi connectivity index (χ0n) is 12.7. The van der Waals surface area contributed by atoms with Gasteiger partial charge in [-0.25, -0.2) is 0 Å². The first kappa shape index (κ1) is 16.0. The van der Waals surface area contributed by atoms with Crippen molar-refractivity contribution in [2.75, 3.05) is 6.54 Å². The second-order valence-electron chi connectivity index (χ2n) is 5.93. The van der Waals surface area contributed by atoms with Crippen LogP contribution in [0.1, 0.15) is 40.2 Å². The van der Waals surface area contributed by atoms with Gasteiger partial charge in [-0.2, -0.15) is 0 Å². The minimum Gasteiger partial charge on any atom is -0.491 e. The molecule has 3 nitrogen and oxygen atoms in total. The maximum absolute atomic E-state index is 10.2. The van der Waals surface area contributed by atoms with E-state index in [0.29, 0.717) is 6.54 Å². The third-order valence-corrected chi connectivity index (χ3v) is 3.33. The average Bonchev–Trinajstić information content (AvgIpc) is 2.28. The Morgan fingerprint density at radius 1 is 1.26 bits per heavy atom. The topological polar surface area (TPSA) is 41.5 Å². The van der Waals surface area contributed by atoms with Crippen LogP contribution in [-0.2, 0) is 6.54 Å². The molecule has 0 heterocycles. The monoisotopic (exact) mass is 265 g/mol. The lowest BCUT2D eigenvalue weighted by Crippen LogP contribution is -2.41. The maximum atomic E-state index is 10.2. The van der Waals surface area contributed by atoms with E-state index in [9.17, 15) is 5.11 Å².